The molecule has 8 rings (SSSR count). The van der Waals surface area contributed by atoms with Gasteiger partial charge in [0.2, 0.25) is 11.6 Å². The van der Waals surface area contributed by atoms with E-state index in [1.54, 1.807) is 98.2 Å². The smallest absolute Gasteiger partial charge is 0.490 e. The summed E-state index contributed by atoms with van der Waals surface area (Å²) in [5, 5.41) is 36.6. The van der Waals surface area contributed by atoms with Crippen molar-refractivity contribution < 1.29 is 90.8 Å². The van der Waals surface area contributed by atoms with E-state index >= 15 is 0 Å². The summed E-state index contributed by atoms with van der Waals surface area (Å²) in [7, 11) is -0.755. The number of nitrogens with one attached hydrogen (secondary N) is 2. The van der Waals surface area contributed by atoms with Crippen LogP contribution in [0.15, 0.2) is 82.0 Å². The Balaban J connectivity index is 0.000000218. The molecule has 2 aliphatic heterocycles. The predicted octanol–water partition coefficient (Wildman–Crippen LogP) is 5.69. The molecule has 30 heteroatoms. The van der Waals surface area contributed by atoms with Gasteiger partial charge in [0.25, 0.3) is 0 Å². The molecule has 2 saturated heterocycles. The van der Waals surface area contributed by atoms with Gasteiger partial charge in [-0.05, 0) is 87.3 Å². The molecular formula is C44H50F6N8O14S2. The zero-order valence-electron chi connectivity index (χ0n) is 39.7. The lowest BCUT2D eigenvalue weighted by atomic mass is 10.2. The molecule has 0 bridgehead atoms. The van der Waals surface area contributed by atoms with Gasteiger partial charge in [-0.15, -0.1) is 20.4 Å². The summed E-state index contributed by atoms with van der Waals surface area (Å²) < 4.78 is 153. The van der Waals surface area contributed by atoms with Gasteiger partial charge in [-0.3, -0.25) is 9.13 Å². The molecule has 0 saturated carbocycles. The summed E-state index contributed by atoms with van der Waals surface area (Å²) >= 11 is 0. The lowest BCUT2D eigenvalue weighted by Gasteiger charge is -2.23. The number of hydrogen-bond donors (Lipinski definition) is 4. The van der Waals surface area contributed by atoms with Crippen LogP contribution in [0.3, 0.4) is 0 Å². The van der Waals surface area contributed by atoms with Crippen molar-refractivity contribution in [2.75, 3.05) is 54.6 Å². The van der Waals surface area contributed by atoms with E-state index in [1.807, 2.05) is 0 Å². The monoisotopic (exact) mass is 1090 g/mol. The van der Waals surface area contributed by atoms with Crippen molar-refractivity contribution in [1.29, 1.82) is 0 Å². The topological polar surface area (TPSA) is 292 Å². The first-order valence-electron chi connectivity index (χ1n) is 21.8. The van der Waals surface area contributed by atoms with E-state index in [-0.39, 0.29) is 23.2 Å². The minimum Gasteiger partial charge on any atom is -0.494 e. The Bertz CT molecular complexity index is 2760. The summed E-state index contributed by atoms with van der Waals surface area (Å²) in [6.45, 7) is 2.56. The first kappa shape index (κ1) is 57.7. The number of furan rings is 2. The summed E-state index contributed by atoms with van der Waals surface area (Å²) in [6, 6.07) is 17.6. The maximum absolute atomic E-state index is 13.1. The maximum Gasteiger partial charge on any atom is 0.490 e. The first-order valence-corrected chi connectivity index (χ1v) is 25.3. The molecule has 74 heavy (non-hydrogen) atoms. The van der Waals surface area contributed by atoms with E-state index in [9.17, 15) is 43.2 Å². The highest BCUT2D eigenvalue weighted by atomic mass is 32.2. The average molecular weight is 1090 g/mol. The minimum atomic E-state index is -5.08. The zero-order valence-corrected chi connectivity index (χ0v) is 41.3. The molecule has 4 N–H and O–H groups in total. The Labute approximate surface area is 418 Å². The first-order chi connectivity index (χ1) is 35.0. The third-order valence-electron chi connectivity index (χ3n) is 10.9. The van der Waals surface area contributed by atoms with Gasteiger partial charge in [0.15, 0.2) is 42.8 Å². The number of benzene rings is 2. The van der Waals surface area contributed by atoms with Crippen molar-refractivity contribution in [2.24, 2.45) is 0 Å². The van der Waals surface area contributed by atoms with Crippen LogP contribution in [0.25, 0.3) is 34.5 Å². The number of halogens is 6. The van der Waals surface area contributed by atoms with Crippen molar-refractivity contribution in [2.45, 2.75) is 60.0 Å². The molecule has 2 fully saturated rings. The molecule has 0 spiro atoms. The Morgan fingerprint density at radius 1 is 0.595 bits per heavy atom. The number of alkyl halides is 6. The number of rotatable bonds is 14. The van der Waals surface area contributed by atoms with E-state index in [0.717, 1.165) is 25.9 Å². The molecular weight excluding hydrogens is 1040 g/mol. The molecule has 22 nitrogen and oxygen atoms in total. The van der Waals surface area contributed by atoms with Crippen molar-refractivity contribution in [3.05, 3.63) is 84.8 Å². The molecule has 0 radical (unpaired) electrons. The highest BCUT2D eigenvalue weighted by Crippen LogP contribution is 2.39. The van der Waals surface area contributed by atoms with Gasteiger partial charge in [0.05, 0.1) is 51.5 Å². The second kappa shape index (κ2) is 25.2. The number of sulfone groups is 2. The molecule has 6 heterocycles. The number of carboxylic acids is 2. The lowest BCUT2D eigenvalue weighted by molar-refractivity contribution is -0.193. The number of ether oxygens (including phenoxy) is 4. The van der Waals surface area contributed by atoms with Crippen LogP contribution in [0.1, 0.15) is 37.3 Å². The lowest BCUT2D eigenvalue weighted by Crippen LogP contribution is -2.39. The number of hydrogen-bond acceptors (Lipinski definition) is 18. The summed E-state index contributed by atoms with van der Waals surface area (Å²) in [5.74, 6) is -1.83. The van der Waals surface area contributed by atoms with E-state index < -0.39 is 54.5 Å². The summed E-state index contributed by atoms with van der Waals surface area (Å²) in [5.41, 5.74) is 1.04. The number of methoxy groups -OCH3 is 4. The highest BCUT2D eigenvalue weighted by molar-refractivity contribution is 7.91. The van der Waals surface area contributed by atoms with Crippen LogP contribution in [-0.2, 0) is 40.8 Å². The van der Waals surface area contributed by atoms with Crippen LogP contribution in [0.5, 0.6) is 23.0 Å². The second-order valence-electron chi connectivity index (χ2n) is 15.7. The van der Waals surface area contributed by atoms with Crippen molar-refractivity contribution >= 4 is 31.6 Å². The fraction of sp³-hybridized carbons (Fsp3) is 0.409. The molecule has 4 aromatic heterocycles. The zero-order chi connectivity index (χ0) is 54.4. The van der Waals surface area contributed by atoms with Crippen molar-refractivity contribution in [3.8, 4) is 57.5 Å². The molecule has 2 aromatic carbocycles. The van der Waals surface area contributed by atoms with Crippen molar-refractivity contribution in [1.82, 2.24) is 40.2 Å². The molecule has 0 amide bonds. The summed E-state index contributed by atoms with van der Waals surface area (Å²) in [4.78, 5) is 17.8. The molecule has 404 valence electrons. The Morgan fingerprint density at radius 2 is 0.919 bits per heavy atom. The van der Waals surface area contributed by atoms with Crippen LogP contribution in [0.4, 0.5) is 26.3 Å². The fourth-order valence-electron chi connectivity index (χ4n) is 7.37. The minimum absolute atomic E-state index is 0.256. The van der Waals surface area contributed by atoms with Gasteiger partial charge in [-0.25, -0.2) is 26.4 Å². The van der Waals surface area contributed by atoms with Crippen LogP contribution in [0.2, 0.25) is 0 Å². The van der Waals surface area contributed by atoms with E-state index in [4.69, 9.17) is 47.6 Å². The van der Waals surface area contributed by atoms with Crippen LogP contribution in [-0.4, -0.2) is 146 Å². The number of para-hydroxylation sites is 2. The van der Waals surface area contributed by atoms with Gasteiger partial charge in [-0.2, -0.15) is 26.3 Å². The molecule has 0 unspecified atom stereocenters. The maximum atomic E-state index is 13.1. The SMILES string of the molecule is COc1cccc(OC)c1-n1c(CS(=O)(=O)[C@@H]2CCCNC2)nnc1-c1ccco1.COc1cccc(OC)c1-n1c(CS(=O)(=O)[C@H]2CCCNC2)nnc1-c1ccco1.O=C(O)C(F)(F)F.O=C(O)C(F)(F)F. The van der Waals surface area contributed by atoms with Crippen LogP contribution >= 0.6 is 0 Å². The van der Waals surface area contributed by atoms with Crippen LogP contribution < -0.4 is 29.6 Å². The molecule has 2 atom stereocenters. The summed E-state index contributed by atoms with van der Waals surface area (Å²) in [6.07, 6.45) is -4.20. The number of aromatic nitrogens is 6. The van der Waals surface area contributed by atoms with E-state index in [1.165, 1.54) is 12.5 Å². The standard InChI is InChI=1S/2C20H24N4O5S.2C2HF3O2/c2*1-27-15-7-3-8-16(28-2)19(15)24-18(22-23-20(24)17-9-5-11-29-17)13-30(25,26)14-6-4-10-21-12-14;2*3-2(4,5)1(6)7/h2*3,5,7-9,11,14,21H,4,6,10,12-13H2,1-2H3;2*(H,6,7)/t2*14-;;/m10../s1. The normalized spacial score (nSPS) is 16.0. The Hall–Kier alpha value is -7.18. The van der Waals surface area contributed by atoms with Gasteiger partial charge in [-0.1, -0.05) is 12.1 Å². The molecule has 6 aromatic rings. The number of aliphatic carboxylic acids is 2. The number of nitrogens with zero attached hydrogens (tertiary/aromatic N) is 6. The van der Waals surface area contributed by atoms with Gasteiger partial charge >= 0.3 is 24.3 Å². The number of piperidine rings is 2. The predicted molar refractivity (Wildman–Crippen MR) is 249 cm³/mol. The average Bonchev–Trinajstić information content (AvgIpc) is 4.23. The second-order valence-corrected chi connectivity index (χ2v) is 20.2. The fourth-order valence-corrected chi connectivity index (χ4v) is 10.7. The van der Waals surface area contributed by atoms with E-state index in [2.05, 4.69) is 31.0 Å². The number of carboxylic acid groups (broad SMARTS) is 2. The Morgan fingerprint density at radius 3 is 1.16 bits per heavy atom. The third kappa shape index (κ3) is 14.5. The van der Waals surface area contributed by atoms with Gasteiger partial charge < -0.3 is 48.6 Å². The quantitative estimate of drug-likeness (QED) is 0.0953. The van der Waals surface area contributed by atoms with Gasteiger partial charge in [0.1, 0.15) is 45.9 Å². The molecule has 0 aliphatic carbocycles. The van der Waals surface area contributed by atoms with Crippen LogP contribution in [0, 0.1) is 0 Å². The largest absolute Gasteiger partial charge is 0.494 e. The van der Waals surface area contributed by atoms with Gasteiger partial charge in [0, 0.05) is 13.1 Å². The number of carbonyl (C=O) groups is 2. The third-order valence-corrected chi connectivity index (χ3v) is 15.0. The van der Waals surface area contributed by atoms with Crippen molar-refractivity contribution in [3.63, 3.8) is 0 Å². The van der Waals surface area contributed by atoms with E-state index in [0.29, 0.717) is 83.5 Å². The highest BCUT2D eigenvalue weighted by Gasteiger charge is 2.39. The molecule has 2 aliphatic rings. The Kier molecular flexibility index (Phi) is 19.6.